The molecule has 1 atom stereocenters. The molecule has 19 heavy (non-hydrogen) atoms. The summed E-state index contributed by atoms with van der Waals surface area (Å²) in [5.41, 5.74) is 0.534. The molecule has 1 unspecified atom stereocenters. The molecule has 6 nitrogen and oxygen atoms in total. The van der Waals surface area contributed by atoms with Gasteiger partial charge in [-0.2, -0.15) is 0 Å². The van der Waals surface area contributed by atoms with E-state index in [0.717, 1.165) is 0 Å². The van der Waals surface area contributed by atoms with E-state index in [9.17, 15) is 9.59 Å². The molecule has 0 aromatic heterocycles. The summed E-state index contributed by atoms with van der Waals surface area (Å²) in [6.45, 7) is 0.372. The zero-order valence-electron chi connectivity index (χ0n) is 10.9. The normalized spacial score (nSPS) is 17.8. The monoisotopic (exact) mass is 264 g/mol. The zero-order chi connectivity index (χ0) is 13.8. The maximum atomic E-state index is 12.0. The largest absolute Gasteiger partial charge is 0.497 e. The lowest BCUT2D eigenvalue weighted by Gasteiger charge is -2.13. The molecule has 1 aromatic rings. The van der Waals surface area contributed by atoms with Crippen molar-refractivity contribution < 1.29 is 19.1 Å². The van der Waals surface area contributed by atoms with Gasteiger partial charge in [0.15, 0.2) is 0 Å². The Morgan fingerprint density at radius 2 is 2.16 bits per heavy atom. The fraction of sp³-hybridized carbons (Fsp3) is 0.385. The molecule has 1 saturated heterocycles. The number of carbonyl (C=O) groups is 2. The van der Waals surface area contributed by atoms with E-state index < -0.39 is 0 Å². The second-order valence-electron chi connectivity index (χ2n) is 4.26. The first-order chi connectivity index (χ1) is 9.13. The summed E-state index contributed by atoms with van der Waals surface area (Å²) < 4.78 is 10.3. The van der Waals surface area contributed by atoms with Gasteiger partial charge in [0.25, 0.3) is 0 Å². The third-order valence-corrected chi connectivity index (χ3v) is 3.01. The predicted molar refractivity (Wildman–Crippen MR) is 69.3 cm³/mol. The molecular weight excluding hydrogens is 248 g/mol. The van der Waals surface area contributed by atoms with Gasteiger partial charge >= 0.3 is 0 Å². The van der Waals surface area contributed by atoms with Crippen molar-refractivity contribution in [3.05, 3.63) is 18.2 Å². The van der Waals surface area contributed by atoms with Crippen LogP contribution in [0.5, 0.6) is 11.5 Å². The minimum absolute atomic E-state index is 0.0993. The minimum atomic E-state index is -0.344. The molecule has 2 N–H and O–H groups in total. The summed E-state index contributed by atoms with van der Waals surface area (Å²) in [5, 5.41) is 5.39. The van der Waals surface area contributed by atoms with Gasteiger partial charge in [-0.15, -0.1) is 0 Å². The Morgan fingerprint density at radius 1 is 1.37 bits per heavy atom. The SMILES string of the molecule is COc1ccc(OC)c(NC(=O)C2CNC(=O)C2)c1. The number of rotatable bonds is 4. The highest BCUT2D eigenvalue weighted by molar-refractivity contribution is 5.98. The van der Waals surface area contributed by atoms with Gasteiger partial charge in [-0.05, 0) is 12.1 Å². The second kappa shape index (κ2) is 5.60. The van der Waals surface area contributed by atoms with E-state index in [1.807, 2.05) is 0 Å². The molecule has 0 saturated carbocycles. The van der Waals surface area contributed by atoms with Crippen LogP contribution in [0.25, 0.3) is 0 Å². The van der Waals surface area contributed by atoms with Crippen molar-refractivity contribution in [2.24, 2.45) is 5.92 Å². The summed E-state index contributed by atoms with van der Waals surface area (Å²) in [7, 11) is 3.07. The fourth-order valence-corrected chi connectivity index (χ4v) is 1.94. The Bertz CT molecular complexity index is 501. The zero-order valence-corrected chi connectivity index (χ0v) is 10.9. The van der Waals surface area contributed by atoms with E-state index in [1.54, 1.807) is 25.3 Å². The molecule has 1 aliphatic rings. The molecule has 0 radical (unpaired) electrons. The summed E-state index contributed by atoms with van der Waals surface area (Å²) in [4.78, 5) is 23.1. The van der Waals surface area contributed by atoms with Gasteiger partial charge in [0.2, 0.25) is 11.8 Å². The van der Waals surface area contributed by atoms with Gasteiger partial charge in [-0.25, -0.2) is 0 Å². The molecule has 1 aromatic carbocycles. The first kappa shape index (κ1) is 13.2. The van der Waals surface area contributed by atoms with Crippen LogP contribution in [0.2, 0.25) is 0 Å². The van der Waals surface area contributed by atoms with Crippen LogP contribution in [0.4, 0.5) is 5.69 Å². The van der Waals surface area contributed by atoms with Crippen LogP contribution >= 0.6 is 0 Å². The van der Waals surface area contributed by atoms with Crippen molar-refractivity contribution in [1.29, 1.82) is 0 Å². The van der Waals surface area contributed by atoms with Crippen molar-refractivity contribution in [2.45, 2.75) is 6.42 Å². The van der Waals surface area contributed by atoms with E-state index in [4.69, 9.17) is 9.47 Å². The predicted octanol–water partition coefficient (Wildman–Crippen LogP) is 0.778. The smallest absolute Gasteiger partial charge is 0.229 e. The molecule has 0 spiro atoms. The maximum absolute atomic E-state index is 12.0. The standard InChI is InChI=1S/C13H16N2O4/c1-18-9-3-4-11(19-2)10(6-9)15-13(17)8-5-12(16)14-7-8/h3-4,6,8H,5,7H2,1-2H3,(H,14,16)(H,15,17). The maximum Gasteiger partial charge on any atom is 0.229 e. The van der Waals surface area contributed by atoms with Crippen LogP contribution in [-0.2, 0) is 9.59 Å². The van der Waals surface area contributed by atoms with Crippen LogP contribution < -0.4 is 20.1 Å². The molecule has 0 bridgehead atoms. The number of ether oxygens (including phenoxy) is 2. The average Bonchev–Trinajstić information content (AvgIpc) is 2.85. The van der Waals surface area contributed by atoms with Crippen LogP contribution in [-0.4, -0.2) is 32.6 Å². The van der Waals surface area contributed by atoms with Gasteiger partial charge in [0.1, 0.15) is 11.5 Å². The number of nitrogens with one attached hydrogen (secondary N) is 2. The molecule has 0 aliphatic carbocycles. The number of hydrogen-bond donors (Lipinski definition) is 2. The van der Waals surface area contributed by atoms with Crippen LogP contribution in [0, 0.1) is 5.92 Å². The van der Waals surface area contributed by atoms with Gasteiger partial charge in [-0.1, -0.05) is 0 Å². The molecule has 1 fully saturated rings. The Labute approximate surface area is 111 Å². The van der Waals surface area contributed by atoms with Gasteiger partial charge in [-0.3, -0.25) is 9.59 Å². The first-order valence-corrected chi connectivity index (χ1v) is 5.93. The lowest BCUT2D eigenvalue weighted by molar-refractivity contribution is -0.123. The van der Waals surface area contributed by atoms with E-state index in [0.29, 0.717) is 23.7 Å². The molecule has 102 valence electrons. The molecule has 1 heterocycles. The van der Waals surface area contributed by atoms with Gasteiger partial charge < -0.3 is 20.1 Å². The van der Waals surface area contributed by atoms with Crippen molar-refractivity contribution in [1.82, 2.24) is 5.32 Å². The molecule has 2 amide bonds. The third kappa shape index (κ3) is 2.96. The number of carbonyl (C=O) groups excluding carboxylic acids is 2. The number of benzene rings is 1. The number of anilines is 1. The van der Waals surface area contributed by atoms with E-state index in [1.165, 1.54) is 7.11 Å². The Morgan fingerprint density at radius 3 is 2.74 bits per heavy atom. The molecule has 6 heteroatoms. The highest BCUT2D eigenvalue weighted by Gasteiger charge is 2.28. The summed E-state index contributed by atoms with van der Waals surface area (Å²) >= 11 is 0. The Hall–Kier alpha value is -2.24. The summed E-state index contributed by atoms with van der Waals surface area (Å²) in [6.07, 6.45) is 0.220. The Kier molecular flexibility index (Phi) is 3.89. The van der Waals surface area contributed by atoms with Gasteiger partial charge in [0.05, 0.1) is 25.8 Å². The highest BCUT2D eigenvalue weighted by atomic mass is 16.5. The van der Waals surface area contributed by atoms with Crippen molar-refractivity contribution in [3.8, 4) is 11.5 Å². The third-order valence-electron chi connectivity index (χ3n) is 3.01. The highest BCUT2D eigenvalue weighted by Crippen LogP contribution is 2.29. The Balaban J connectivity index is 2.13. The van der Waals surface area contributed by atoms with Crippen LogP contribution in [0.15, 0.2) is 18.2 Å². The number of amides is 2. The van der Waals surface area contributed by atoms with E-state index >= 15 is 0 Å². The quantitative estimate of drug-likeness (QED) is 0.842. The summed E-state index contributed by atoms with van der Waals surface area (Å²) in [5.74, 6) is 0.522. The van der Waals surface area contributed by atoms with Crippen molar-refractivity contribution in [2.75, 3.05) is 26.1 Å². The lowest BCUT2D eigenvalue weighted by Crippen LogP contribution is -2.24. The molecular formula is C13H16N2O4. The van der Waals surface area contributed by atoms with Crippen LogP contribution in [0.3, 0.4) is 0 Å². The van der Waals surface area contributed by atoms with Crippen molar-refractivity contribution in [3.63, 3.8) is 0 Å². The minimum Gasteiger partial charge on any atom is -0.497 e. The fourth-order valence-electron chi connectivity index (χ4n) is 1.94. The lowest BCUT2D eigenvalue weighted by atomic mass is 10.1. The number of hydrogen-bond acceptors (Lipinski definition) is 4. The van der Waals surface area contributed by atoms with Crippen LogP contribution in [0.1, 0.15) is 6.42 Å². The molecule has 1 aliphatic heterocycles. The van der Waals surface area contributed by atoms with Gasteiger partial charge in [0, 0.05) is 19.0 Å². The summed E-state index contributed by atoms with van der Waals surface area (Å²) in [6, 6.07) is 5.14. The first-order valence-electron chi connectivity index (χ1n) is 5.93. The average molecular weight is 264 g/mol. The van der Waals surface area contributed by atoms with E-state index in [-0.39, 0.29) is 24.2 Å². The van der Waals surface area contributed by atoms with E-state index in [2.05, 4.69) is 10.6 Å². The molecule has 2 rings (SSSR count). The van der Waals surface area contributed by atoms with Crippen molar-refractivity contribution >= 4 is 17.5 Å². The topological polar surface area (TPSA) is 76.7 Å². The number of methoxy groups -OCH3 is 2. The second-order valence-corrected chi connectivity index (χ2v) is 4.26.